The van der Waals surface area contributed by atoms with E-state index in [0.29, 0.717) is 12.3 Å². The number of unbranched alkanes of at least 4 members (excludes halogenated alkanes) is 3. The molecule has 0 aromatic heterocycles. The Morgan fingerprint density at radius 1 is 1.19 bits per heavy atom. The van der Waals surface area contributed by atoms with Gasteiger partial charge in [-0.1, -0.05) is 26.2 Å². The van der Waals surface area contributed by atoms with Gasteiger partial charge in [-0.3, -0.25) is 0 Å². The first-order valence-corrected chi connectivity index (χ1v) is 8.38. The molecular weight excluding hydrogens is 294 g/mol. The Kier molecular flexibility index (Phi) is 7.18. The Bertz CT molecular complexity index is 539. The fraction of sp³-hybridized carbons (Fsp3) is 0.500. The molecule has 0 saturated heterocycles. The second kappa shape index (κ2) is 8.63. The normalized spacial score (nSPS) is 11.3. The Morgan fingerprint density at radius 2 is 1.86 bits per heavy atom. The first-order valence-electron chi connectivity index (χ1n) is 6.90. The molecule has 0 radical (unpaired) electrons. The number of ether oxygens (including phenoxy) is 1. The van der Waals surface area contributed by atoms with Gasteiger partial charge in [0.15, 0.2) is 6.61 Å². The summed E-state index contributed by atoms with van der Waals surface area (Å²) in [4.78, 5) is 10.5. The van der Waals surface area contributed by atoms with Crippen molar-refractivity contribution in [1.29, 1.82) is 0 Å². The van der Waals surface area contributed by atoms with Crippen LogP contribution in [-0.4, -0.2) is 32.6 Å². The largest absolute Gasteiger partial charge is 0.482 e. The van der Waals surface area contributed by atoms with Gasteiger partial charge in [0.2, 0.25) is 10.0 Å². The molecule has 0 saturated carbocycles. The average Bonchev–Trinajstić information content (AvgIpc) is 2.45. The third-order valence-corrected chi connectivity index (χ3v) is 4.30. The van der Waals surface area contributed by atoms with E-state index in [2.05, 4.69) is 11.6 Å². The van der Waals surface area contributed by atoms with Crippen LogP contribution in [0.15, 0.2) is 29.2 Å². The van der Waals surface area contributed by atoms with Crippen LogP contribution in [0.5, 0.6) is 5.75 Å². The fourth-order valence-corrected chi connectivity index (χ4v) is 2.78. The molecule has 0 heterocycles. The van der Waals surface area contributed by atoms with Gasteiger partial charge in [-0.05, 0) is 30.7 Å². The fourth-order valence-electron chi connectivity index (χ4n) is 1.70. The third kappa shape index (κ3) is 6.59. The molecule has 0 aliphatic rings. The molecule has 0 amide bonds. The minimum Gasteiger partial charge on any atom is -0.482 e. The maximum absolute atomic E-state index is 12.0. The number of benzene rings is 1. The molecule has 7 heteroatoms. The van der Waals surface area contributed by atoms with E-state index in [1.165, 1.54) is 24.3 Å². The summed E-state index contributed by atoms with van der Waals surface area (Å²) in [5.74, 6) is -0.764. The van der Waals surface area contributed by atoms with E-state index < -0.39 is 22.6 Å². The van der Waals surface area contributed by atoms with Crippen molar-refractivity contribution >= 4 is 16.0 Å². The second-order valence-corrected chi connectivity index (χ2v) is 6.38. The van der Waals surface area contributed by atoms with Crippen molar-refractivity contribution in [2.45, 2.75) is 37.5 Å². The standard InChI is InChI=1S/C14H21NO5S/c1-2-3-4-5-10-15-21(18,19)13-8-6-12(7-9-13)20-11-14(16)17/h6-9,15H,2-5,10-11H2,1H3,(H,16,17). The van der Waals surface area contributed by atoms with Gasteiger partial charge in [-0.2, -0.15) is 0 Å². The third-order valence-electron chi connectivity index (χ3n) is 2.82. The number of carboxylic acids is 1. The number of hydrogen-bond acceptors (Lipinski definition) is 4. The minimum absolute atomic E-state index is 0.140. The Hall–Kier alpha value is -1.60. The van der Waals surface area contributed by atoms with Crippen molar-refractivity contribution in [3.8, 4) is 5.75 Å². The highest BCUT2D eigenvalue weighted by Crippen LogP contribution is 2.15. The van der Waals surface area contributed by atoms with Gasteiger partial charge in [-0.25, -0.2) is 17.9 Å². The smallest absolute Gasteiger partial charge is 0.341 e. The zero-order chi connectivity index (χ0) is 15.7. The first kappa shape index (κ1) is 17.5. The predicted octanol–water partition coefficient (Wildman–Crippen LogP) is 2.01. The summed E-state index contributed by atoms with van der Waals surface area (Å²) in [5.41, 5.74) is 0. The van der Waals surface area contributed by atoms with Gasteiger partial charge in [0.05, 0.1) is 4.90 Å². The van der Waals surface area contributed by atoms with E-state index in [-0.39, 0.29) is 4.90 Å². The van der Waals surface area contributed by atoms with Crippen LogP contribution < -0.4 is 9.46 Å². The maximum atomic E-state index is 12.0. The summed E-state index contributed by atoms with van der Waals surface area (Å²) in [6, 6.07) is 5.67. The molecule has 0 bridgehead atoms. The molecule has 1 rings (SSSR count). The van der Waals surface area contributed by atoms with Crippen LogP contribution in [0.1, 0.15) is 32.6 Å². The van der Waals surface area contributed by atoms with Crippen LogP contribution in [0, 0.1) is 0 Å². The van der Waals surface area contributed by atoms with Crippen molar-refractivity contribution in [3.05, 3.63) is 24.3 Å². The molecule has 0 unspecified atom stereocenters. The Labute approximate surface area is 125 Å². The van der Waals surface area contributed by atoms with E-state index in [1.807, 2.05) is 0 Å². The molecule has 2 N–H and O–H groups in total. The van der Waals surface area contributed by atoms with Crippen molar-refractivity contribution in [2.75, 3.05) is 13.2 Å². The highest BCUT2D eigenvalue weighted by Gasteiger charge is 2.13. The average molecular weight is 315 g/mol. The molecule has 0 atom stereocenters. The first-order chi connectivity index (χ1) is 9.95. The predicted molar refractivity (Wildman–Crippen MR) is 78.9 cm³/mol. The quantitative estimate of drug-likeness (QED) is 0.644. The van der Waals surface area contributed by atoms with E-state index in [1.54, 1.807) is 0 Å². The zero-order valence-electron chi connectivity index (χ0n) is 12.0. The number of sulfonamides is 1. The van der Waals surface area contributed by atoms with Gasteiger partial charge in [0, 0.05) is 6.54 Å². The molecule has 0 aliphatic heterocycles. The summed E-state index contributed by atoms with van der Waals surface area (Å²) in [6.45, 7) is 2.06. The van der Waals surface area contributed by atoms with Gasteiger partial charge < -0.3 is 9.84 Å². The van der Waals surface area contributed by atoms with Crippen LogP contribution in [0.3, 0.4) is 0 Å². The molecule has 6 nitrogen and oxygen atoms in total. The maximum Gasteiger partial charge on any atom is 0.341 e. The second-order valence-electron chi connectivity index (χ2n) is 4.61. The monoisotopic (exact) mass is 315 g/mol. The van der Waals surface area contributed by atoms with Crippen LogP contribution >= 0.6 is 0 Å². The number of carbonyl (C=O) groups is 1. The summed E-state index contributed by atoms with van der Waals surface area (Å²) >= 11 is 0. The Balaban J connectivity index is 2.52. The minimum atomic E-state index is -3.52. The Morgan fingerprint density at radius 3 is 2.43 bits per heavy atom. The van der Waals surface area contributed by atoms with Crippen LogP contribution in [-0.2, 0) is 14.8 Å². The van der Waals surface area contributed by atoms with E-state index in [9.17, 15) is 13.2 Å². The molecule has 1 aromatic rings. The lowest BCUT2D eigenvalue weighted by atomic mass is 10.2. The molecule has 0 spiro atoms. The lowest BCUT2D eigenvalue weighted by Gasteiger charge is -2.08. The number of aliphatic carboxylic acids is 1. The molecule has 21 heavy (non-hydrogen) atoms. The van der Waals surface area contributed by atoms with Crippen molar-refractivity contribution in [1.82, 2.24) is 4.72 Å². The number of carboxylic acid groups (broad SMARTS) is 1. The van der Waals surface area contributed by atoms with E-state index >= 15 is 0 Å². The molecule has 1 aromatic carbocycles. The highest BCUT2D eigenvalue weighted by molar-refractivity contribution is 7.89. The zero-order valence-corrected chi connectivity index (χ0v) is 12.9. The van der Waals surface area contributed by atoms with Crippen LogP contribution in [0.4, 0.5) is 0 Å². The molecule has 118 valence electrons. The summed E-state index contributed by atoms with van der Waals surface area (Å²) in [6.07, 6.45) is 4.01. The topological polar surface area (TPSA) is 92.7 Å². The number of rotatable bonds is 10. The summed E-state index contributed by atoms with van der Waals surface area (Å²) < 4.78 is 31.5. The van der Waals surface area contributed by atoms with Gasteiger partial charge >= 0.3 is 5.97 Å². The molecule has 0 fully saturated rings. The van der Waals surface area contributed by atoms with Crippen LogP contribution in [0.25, 0.3) is 0 Å². The number of hydrogen-bond donors (Lipinski definition) is 2. The van der Waals surface area contributed by atoms with Gasteiger partial charge in [0.25, 0.3) is 0 Å². The van der Waals surface area contributed by atoms with Gasteiger partial charge in [0.1, 0.15) is 5.75 Å². The SMILES string of the molecule is CCCCCCNS(=O)(=O)c1ccc(OCC(=O)O)cc1. The van der Waals surface area contributed by atoms with E-state index in [0.717, 1.165) is 25.7 Å². The highest BCUT2D eigenvalue weighted by atomic mass is 32.2. The lowest BCUT2D eigenvalue weighted by Crippen LogP contribution is -2.24. The summed E-state index contributed by atoms with van der Waals surface area (Å²) in [5, 5.41) is 8.49. The molecule has 0 aliphatic carbocycles. The van der Waals surface area contributed by atoms with Gasteiger partial charge in [-0.15, -0.1) is 0 Å². The summed E-state index contributed by atoms with van der Waals surface area (Å²) in [7, 11) is -3.52. The van der Waals surface area contributed by atoms with Crippen LogP contribution in [0.2, 0.25) is 0 Å². The number of nitrogens with one attached hydrogen (secondary N) is 1. The van der Waals surface area contributed by atoms with Crippen molar-refractivity contribution in [3.63, 3.8) is 0 Å². The molecular formula is C14H21NO5S. The lowest BCUT2D eigenvalue weighted by molar-refractivity contribution is -0.139. The van der Waals surface area contributed by atoms with Crippen molar-refractivity contribution in [2.24, 2.45) is 0 Å². The van der Waals surface area contributed by atoms with E-state index in [4.69, 9.17) is 9.84 Å². The van der Waals surface area contributed by atoms with Crippen molar-refractivity contribution < 1.29 is 23.1 Å².